The molecule has 0 atom stereocenters. The van der Waals surface area contributed by atoms with Crippen molar-refractivity contribution < 1.29 is 17.9 Å². The molecule has 0 saturated carbocycles. The van der Waals surface area contributed by atoms with Crippen molar-refractivity contribution in [1.82, 2.24) is 19.6 Å². The van der Waals surface area contributed by atoms with E-state index in [1.165, 1.54) is 10.5 Å². The first-order valence-corrected chi connectivity index (χ1v) is 9.65. The largest absolute Gasteiger partial charge is 0.379 e. The van der Waals surface area contributed by atoms with E-state index in [0.717, 1.165) is 5.56 Å². The number of hydrogen-bond acceptors (Lipinski definition) is 6. The lowest BCUT2D eigenvalue weighted by Gasteiger charge is -2.26. The maximum Gasteiger partial charge on any atom is 0.270 e. The predicted molar refractivity (Wildman–Crippen MR) is 94.0 cm³/mol. The second kappa shape index (κ2) is 7.90. The summed E-state index contributed by atoms with van der Waals surface area (Å²) in [5.41, 5.74) is 1.09. The number of benzene rings is 1. The molecule has 2 aromatic rings. The first kappa shape index (κ1) is 18.4. The van der Waals surface area contributed by atoms with Crippen molar-refractivity contribution in [3.05, 3.63) is 53.6 Å². The van der Waals surface area contributed by atoms with Gasteiger partial charge in [-0.05, 0) is 30.7 Å². The van der Waals surface area contributed by atoms with E-state index in [-0.39, 0.29) is 17.3 Å². The number of amides is 1. The van der Waals surface area contributed by atoms with E-state index >= 15 is 0 Å². The van der Waals surface area contributed by atoms with Gasteiger partial charge in [-0.25, -0.2) is 18.4 Å². The molecule has 1 aromatic carbocycles. The second-order valence-electron chi connectivity index (χ2n) is 5.83. The molecule has 3 rings (SSSR count). The van der Waals surface area contributed by atoms with Crippen molar-refractivity contribution in [1.29, 1.82) is 0 Å². The van der Waals surface area contributed by atoms with E-state index in [4.69, 9.17) is 4.74 Å². The topological polar surface area (TPSA) is 101 Å². The van der Waals surface area contributed by atoms with Gasteiger partial charge >= 0.3 is 0 Å². The molecule has 9 heteroatoms. The SMILES string of the molecule is Cc1nccc(C(=O)NCc2ccc(S(=O)(=O)N3CCOCC3)cc2)n1. The number of nitrogens with zero attached hydrogens (tertiary/aromatic N) is 3. The highest BCUT2D eigenvalue weighted by Crippen LogP contribution is 2.17. The van der Waals surface area contributed by atoms with Gasteiger partial charge in [0.25, 0.3) is 5.91 Å². The van der Waals surface area contributed by atoms with Crippen molar-refractivity contribution in [3.8, 4) is 0 Å². The summed E-state index contributed by atoms with van der Waals surface area (Å²) in [4.78, 5) is 20.3. The third-order valence-electron chi connectivity index (χ3n) is 3.99. The molecule has 0 bridgehead atoms. The van der Waals surface area contributed by atoms with Crippen LogP contribution in [0.15, 0.2) is 41.4 Å². The number of carbonyl (C=O) groups is 1. The van der Waals surface area contributed by atoms with Crippen LogP contribution < -0.4 is 5.32 Å². The van der Waals surface area contributed by atoms with Gasteiger partial charge in [-0.2, -0.15) is 4.31 Å². The molecule has 8 nitrogen and oxygen atoms in total. The summed E-state index contributed by atoms with van der Waals surface area (Å²) in [6.45, 7) is 3.53. The molecule has 1 N–H and O–H groups in total. The van der Waals surface area contributed by atoms with E-state index in [1.807, 2.05) is 0 Å². The molecule has 138 valence electrons. The minimum atomic E-state index is -3.51. The van der Waals surface area contributed by atoms with E-state index in [1.54, 1.807) is 37.3 Å². The van der Waals surface area contributed by atoms with Crippen LogP contribution in [0.3, 0.4) is 0 Å². The molecule has 1 amide bonds. The number of aryl methyl sites for hydroxylation is 1. The van der Waals surface area contributed by atoms with Gasteiger partial charge < -0.3 is 10.1 Å². The normalized spacial score (nSPS) is 15.6. The van der Waals surface area contributed by atoms with Crippen molar-refractivity contribution in [3.63, 3.8) is 0 Å². The van der Waals surface area contributed by atoms with Crippen LogP contribution in [0.25, 0.3) is 0 Å². The third-order valence-corrected chi connectivity index (χ3v) is 5.91. The molecule has 0 spiro atoms. The van der Waals surface area contributed by atoms with Crippen LogP contribution in [0.1, 0.15) is 21.9 Å². The van der Waals surface area contributed by atoms with E-state index < -0.39 is 10.0 Å². The summed E-state index contributed by atoms with van der Waals surface area (Å²) < 4.78 is 31.8. The molecule has 0 unspecified atom stereocenters. The van der Waals surface area contributed by atoms with E-state index in [9.17, 15) is 13.2 Å². The van der Waals surface area contributed by atoms with Crippen LogP contribution in [-0.2, 0) is 21.3 Å². The smallest absolute Gasteiger partial charge is 0.270 e. The Morgan fingerprint density at radius 3 is 2.54 bits per heavy atom. The molecule has 1 aliphatic heterocycles. The summed E-state index contributed by atoms with van der Waals surface area (Å²) in [6, 6.07) is 8.04. The van der Waals surface area contributed by atoms with E-state index in [2.05, 4.69) is 15.3 Å². The molecule has 26 heavy (non-hydrogen) atoms. The van der Waals surface area contributed by atoms with Crippen LogP contribution in [0.4, 0.5) is 0 Å². The van der Waals surface area contributed by atoms with Gasteiger partial charge in [0.1, 0.15) is 11.5 Å². The Balaban J connectivity index is 1.63. The number of aromatic nitrogens is 2. The maximum atomic E-state index is 12.6. The maximum absolute atomic E-state index is 12.6. The minimum absolute atomic E-state index is 0.237. The molecule has 0 radical (unpaired) electrons. The van der Waals surface area contributed by atoms with Crippen LogP contribution in [-0.4, -0.2) is 54.9 Å². The average Bonchev–Trinajstić information content (AvgIpc) is 2.67. The highest BCUT2D eigenvalue weighted by molar-refractivity contribution is 7.89. The Labute approximate surface area is 152 Å². The fourth-order valence-electron chi connectivity index (χ4n) is 2.57. The summed E-state index contributed by atoms with van der Waals surface area (Å²) in [6.07, 6.45) is 1.53. The molecular formula is C17H20N4O4S. The van der Waals surface area contributed by atoms with Gasteiger partial charge in [-0.1, -0.05) is 12.1 Å². The third kappa shape index (κ3) is 4.24. The molecule has 1 fully saturated rings. The van der Waals surface area contributed by atoms with Gasteiger partial charge in [-0.3, -0.25) is 4.79 Å². The molecule has 1 aromatic heterocycles. The summed E-state index contributed by atoms with van der Waals surface area (Å²) in [7, 11) is -3.51. The first-order valence-electron chi connectivity index (χ1n) is 8.21. The number of nitrogens with one attached hydrogen (secondary N) is 1. The van der Waals surface area contributed by atoms with E-state index in [0.29, 0.717) is 37.8 Å². The zero-order chi connectivity index (χ0) is 18.6. The zero-order valence-electron chi connectivity index (χ0n) is 14.4. The quantitative estimate of drug-likeness (QED) is 0.826. The average molecular weight is 376 g/mol. The van der Waals surface area contributed by atoms with Crippen LogP contribution >= 0.6 is 0 Å². The monoisotopic (exact) mass is 376 g/mol. The van der Waals surface area contributed by atoms with Gasteiger partial charge in [0.15, 0.2) is 0 Å². The highest BCUT2D eigenvalue weighted by Gasteiger charge is 2.26. The standard InChI is InChI=1S/C17H20N4O4S/c1-13-18-7-6-16(20-13)17(22)19-12-14-2-4-15(5-3-14)26(23,24)21-8-10-25-11-9-21/h2-7H,8-12H2,1H3,(H,19,22). The van der Waals surface area contributed by atoms with Crippen LogP contribution in [0.5, 0.6) is 0 Å². The van der Waals surface area contributed by atoms with Crippen molar-refractivity contribution in [2.45, 2.75) is 18.4 Å². The molecule has 1 aliphatic rings. The summed E-state index contributed by atoms with van der Waals surface area (Å²) in [5, 5.41) is 2.76. The van der Waals surface area contributed by atoms with Gasteiger partial charge in [0.2, 0.25) is 10.0 Å². The van der Waals surface area contributed by atoms with Gasteiger partial charge in [-0.15, -0.1) is 0 Å². The number of hydrogen-bond donors (Lipinski definition) is 1. The molecule has 0 aliphatic carbocycles. The Kier molecular flexibility index (Phi) is 5.60. The van der Waals surface area contributed by atoms with Crippen molar-refractivity contribution in [2.75, 3.05) is 26.3 Å². The number of sulfonamides is 1. The predicted octanol–water partition coefficient (Wildman–Crippen LogP) is 0.736. The van der Waals surface area contributed by atoms with Crippen LogP contribution in [0.2, 0.25) is 0 Å². The van der Waals surface area contributed by atoms with Crippen molar-refractivity contribution in [2.24, 2.45) is 0 Å². The lowest BCUT2D eigenvalue weighted by atomic mass is 10.2. The van der Waals surface area contributed by atoms with Gasteiger partial charge in [0, 0.05) is 25.8 Å². The molecule has 2 heterocycles. The lowest BCUT2D eigenvalue weighted by molar-refractivity contribution is 0.0730. The number of carbonyl (C=O) groups excluding carboxylic acids is 1. The number of rotatable bonds is 5. The summed E-state index contributed by atoms with van der Waals surface area (Å²) in [5.74, 6) is 0.218. The fourth-order valence-corrected chi connectivity index (χ4v) is 3.98. The molecular weight excluding hydrogens is 356 g/mol. The zero-order valence-corrected chi connectivity index (χ0v) is 15.2. The molecule has 1 saturated heterocycles. The number of ether oxygens (including phenoxy) is 1. The Hall–Kier alpha value is -2.36. The van der Waals surface area contributed by atoms with Gasteiger partial charge in [0.05, 0.1) is 18.1 Å². The Morgan fingerprint density at radius 2 is 1.88 bits per heavy atom. The minimum Gasteiger partial charge on any atom is -0.379 e. The first-order chi connectivity index (χ1) is 12.5. The lowest BCUT2D eigenvalue weighted by Crippen LogP contribution is -2.40. The second-order valence-corrected chi connectivity index (χ2v) is 7.77. The summed E-state index contributed by atoms with van der Waals surface area (Å²) >= 11 is 0. The Morgan fingerprint density at radius 1 is 1.19 bits per heavy atom. The van der Waals surface area contributed by atoms with Crippen LogP contribution in [0, 0.1) is 6.92 Å². The highest BCUT2D eigenvalue weighted by atomic mass is 32.2. The fraction of sp³-hybridized carbons (Fsp3) is 0.353. The number of morpholine rings is 1. The Bertz CT molecular complexity index is 878. The van der Waals surface area contributed by atoms with Crippen molar-refractivity contribution >= 4 is 15.9 Å².